The molecule has 3 N–H and O–H groups in total. The maximum atomic E-state index is 12.1. The number of carbonyl (C=O) groups excluding carboxylic acids is 2. The average molecular weight is 291 g/mol. The largest absolute Gasteiger partial charge is 0.375 e. The third kappa shape index (κ3) is 4.84. The van der Waals surface area contributed by atoms with Crippen LogP contribution in [0.4, 0.5) is 11.4 Å². The number of carbonyl (C=O) groups is 2. The fourth-order valence-corrected chi connectivity index (χ4v) is 2.29. The van der Waals surface area contributed by atoms with E-state index in [1.807, 2.05) is 0 Å². The fourth-order valence-electron chi connectivity index (χ4n) is 2.29. The Morgan fingerprint density at radius 2 is 1.71 bits per heavy atom. The van der Waals surface area contributed by atoms with E-state index in [1.54, 1.807) is 24.3 Å². The van der Waals surface area contributed by atoms with Crippen molar-refractivity contribution < 1.29 is 14.3 Å². The van der Waals surface area contributed by atoms with Crippen LogP contribution < -0.4 is 16.0 Å². The average Bonchev–Trinajstić information content (AvgIpc) is 2.50. The monoisotopic (exact) mass is 291 g/mol. The maximum Gasteiger partial charge on any atom is 0.250 e. The Labute approximate surface area is 124 Å². The zero-order valence-corrected chi connectivity index (χ0v) is 12.1. The van der Waals surface area contributed by atoms with Gasteiger partial charge in [-0.3, -0.25) is 9.59 Å². The minimum atomic E-state index is -0.205. The van der Waals surface area contributed by atoms with Gasteiger partial charge < -0.3 is 20.7 Å². The van der Waals surface area contributed by atoms with Crippen LogP contribution in [0.1, 0.15) is 12.8 Å². The lowest BCUT2D eigenvalue weighted by atomic mass is 9.97. The summed E-state index contributed by atoms with van der Waals surface area (Å²) in [5, 5.41) is 8.85. The summed E-state index contributed by atoms with van der Waals surface area (Å²) in [6, 6.07) is 7.07. The molecule has 0 aromatic heterocycles. The number of anilines is 2. The minimum absolute atomic E-state index is 0.0220. The summed E-state index contributed by atoms with van der Waals surface area (Å²) < 4.78 is 4.75. The molecule has 1 saturated heterocycles. The van der Waals surface area contributed by atoms with Crippen LogP contribution in [-0.4, -0.2) is 38.6 Å². The van der Waals surface area contributed by atoms with Crippen molar-refractivity contribution in [1.82, 2.24) is 5.32 Å². The Morgan fingerprint density at radius 3 is 2.29 bits per heavy atom. The van der Waals surface area contributed by atoms with Crippen molar-refractivity contribution in [2.45, 2.75) is 12.8 Å². The summed E-state index contributed by atoms with van der Waals surface area (Å²) in [5.41, 5.74) is 1.42. The van der Waals surface area contributed by atoms with Gasteiger partial charge in [0.2, 0.25) is 11.8 Å². The predicted molar refractivity (Wildman–Crippen MR) is 81.2 cm³/mol. The zero-order chi connectivity index (χ0) is 15.1. The van der Waals surface area contributed by atoms with Crippen molar-refractivity contribution in [3.05, 3.63) is 24.3 Å². The third-order valence-corrected chi connectivity index (χ3v) is 3.42. The van der Waals surface area contributed by atoms with Crippen LogP contribution in [0, 0.1) is 5.92 Å². The van der Waals surface area contributed by atoms with Crippen LogP contribution in [0.25, 0.3) is 0 Å². The number of hydrogen-bond acceptors (Lipinski definition) is 4. The van der Waals surface area contributed by atoms with E-state index in [2.05, 4.69) is 16.0 Å². The normalized spacial score (nSPS) is 15.5. The molecule has 2 amide bonds. The highest BCUT2D eigenvalue weighted by atomic mass is 16.5. The van der Waals surface area contributed by atoms with Crippen LogP contribution >= 0.6 is 0 Å². The molecule has 1 aliphatic heterocycles. The van der Waals surface area contributed by atoms with Gasteiger partial charge in [0.1, 0.15) is 6.61 Å². The molecule has 21 heavy (non-hydrogen) atoms. The maximum absolute atomic E-state index is 12.1. The van der Waals surface area contributed by atoms with Crippen molar-refractivity contribution in [3.8, 4) is 0 Å². The number of benzene rings is 1. The van der Waals surface area contributed by atoms with Crippen LogP contribution in [-0.2, 0) is 14.3 Å². The molecule has 1 aromatic carbocycles. The highest BCUT2D eigenvalue weighted by Gasteiger charge is 2.20. The van der Waals surface area contributed by atoms with E-state index in [4.69, 9.17) is 4.74 Å². The summed E-state index contributed by atoms with van der Waals surface area (Å²) in [6.45, 7) is 1.80. The lowest BCUT2D eigenvalue weighted by Gasteiger charge is -2.21. The van der Waals surface area contributed by atoms with Crippen LogP contribution in [0.3, 0.4) is 0 Å². The van der Waals surface area contributed by atoms with Gasteiger partial charge in [-0.2, -0.15) is 0 Å². The van der Waals surface area contributed by atoms with E-state index in [0.29, 0.717) is 5.69 Å². The van der Waals surface area contributed by atoms with Gasteiger partial charge in [0.25, 0.3) is 0 Å². The molecule has 0 aliphatic carbocycles. The molecular weight excluding hydrogens is 270 g/mol. The number of ether oxygens (including phenoxy) is 1. The molecule has 114 valence electrons. The molecule has 6 nitrogen and oxygen atoms in total. The van der Waals surface area contributed by atoms with Gasteiger partial charge >= 0.3 is 0 Å². The number of rotatable bonds is 5. The second-order valence-electron chi connectivity index (χ2n) is 5.07. The van der Waals surface area contributed by atoms with Gasteiger partial charge in [-0.1, -0.05) is 0 Å². The predicted octanol–water partition coefficient (Wildman–Crippen LogP) is 1.21. The van der Waals surface area contributed by atoms with E-state index in [9.17, 15) is 9.59 Å². The standard InChI is InChI=1S/C15H21N3O3/c1-21-10-14(19)17-12-2-4-13(5-3-12)18-15(20)11-6-8-16-9-7-11/h2-5,11,16H,6-10H2,1H3,(H,17,19)(H,18,20). The van der Waals surface area contributed by atoms with Crippen molar-refractivity contribution in [2.24, 2.45) is 5.92 Å². The lowest BCUT2D eigenvalue weighted by Crippen LogP contribution is -2.34. The van der Waals surface area contributed by atoms with Gasteiger partial charge in [-0.15, -0.1) is 0 Å². The molecule has 1 aliphatic rings. The zero-order valence-electron chi connectivity index (χ0n) is 12.1. The molecule has 2 rings (SSSR count). The summed E-state index contributed by atoms with van der Waals surface area (Å²) in [4.78, 5) is 23.5. The number of hydrogen-bond donors (Lipinski definition) is 3. The molecule has 6 heteroatoms. The number of piperidine rings is 1. The Hall–Kier alpha value is -1.92. The SMILES string of the molecule is COCC(=O)Nc1ccc(NC(=O)C2CCNCC2)cc1. The first-order valence-corrected chi connectivity index (χ1v) is 7.09. The number of methoxy groups -OCH3 is 1. The van der Waals surface area contributed by atoms with Crippen LogP contribution in [0.5, 0.6) is 0 Å². The molecule has 0 saturated carbocycles. The molecule has 1 aromatic rings. The van der Waals surface area contributed by atoms with Crippen LogP contribution in [0.2, 0.25) is 0 Å². The van der Waals surface area contributed by atoms with Crippen molar-refractivity contribution in [1.29, 1.82) is 0 Å². The van der Waals surface area contributed by atoms with E-state index in [0.717, 1.165) is 31.6 Å². The van der Waals surface area contributed by atoms with Crippen molar-refractivity contribution >= 4 is 23.2 Å². The van der Waals surface area contributed by atoms with E-state index in [-0.39, 0.29) is 24.3 Å². The molecule has 1 heterocycles. The Morgan fingerprint density at radius 1 is 1.14 bits per heavy atom. The number of amides is 2. The highest BCUT2D eigenvalue weighted by Crippen LogP contribution is 2.17. The Balaban J connectivity index is 1.86. The second-order valence-corrected chi connectivity index (χ2v) is 5.07. The molecular formula is C15H21N3O3. The topological polar surface area (TPSA) is 79.5 Å². The summed E-state index contributed by atoms with van der Waals surface area (Å²) in [5.74, 6) is -0.0657. The lowest BCUT2D eigenvalue weighted by molar-refractivity contribution is -0.121. The minimum Gasteiger partial charge on any atom is -0.375 e. The first-order chi connectivity index (χ1) is 10.2. The van der Waals surface area contributed by atoms with Crippen molar-refractivity contribution in [2.75, 3.05) is 37.4 Å². The van der Waals surface area contributed by atoms with Gasteiger partial charge in [0, 0.05) is 24.4 Å². The summed E-state index contributed by atoms with van der Waals surface area (Å²) >= 11 is 0. The first-order valence-electron chi connectivity index (χ1n) is 7.09. The van der Waals surface area contributed by atoms with Crippen LogP contribution in [0.15, 0.2) is 24.3 Å². The van der Waals surface area contributed by atoms with E-state index in [1.165, 1.54) is 7.11 Å². The second kappa shape index (κ2) is 7.75. The first kappa shape index (κ1) is 15.5. The van der Waals surface area contributed by atoms with Gasteiger partial charge in [-0.25, -0.2) is 0 Å². The van der Waals surface area contributed by atoms with Gasteiger partial charge in [0.05, 0.1) is 0 Å². The molecule has 0 atom stereocenters. The Kier molecular flexibility index (Phi) is 5.71. The smallest absolute Gasteiger partial charge is 0.250 e. The van der Waals surface area contributed by atoms with Gasteiger partial charge in [-0.05, 0) is 50.2 Å². The Bertz CT molecular complexity index is 481. The van der Waals surface area contributed by atoms with Crippen molar-refractivity contribution in [3.63, 3.8) is 0 Å². The number of nitrogens with one attached hydrogen (secondary N) is 3. The fraction of sp³-hybridized carbons (Fsp3) is 0.467. The highest BCUT2D eigenvalue weighted by molar-refractivity contribution is 5.94. The summed E-state index contributed by atoms with van der Waals surface area (Å²) in [6.07, 6.45) is 1.74. The molecule has 0 spiro atoms. The molecule has 1 fully saturated rings. The van der Waals surface area contributed by atoms with Gasteiger partial charge in [0.15, 0.2) is 0 Å². The molecule has 0 radical (unpaired) electrons. The van der Waals surface area contributed by atoms with E-state index >= 15 is 0 Å². The van der Waals surface area contributed by atoms with E-state index < -0.39 is 0 Å². The molecule has 0 bridgehead atoms. The summed E-state index contributed by atoms with van der Waals surface area (Å²) in [7, 11) is 1.47. The molecule has 0 unspecified atom stereocenters. The third-order valence-electron chi connectivity index (χ3n) is 3.42. The quantitative estimate of drug-likeness (QED) is 0.762.